The van der Waals surface area contributed by atoms with E-state index in [0.717, 1.165) is 12.2 Å². The van der Waals surface area contributed by atoms with Crippen LogP contribution in [0.3, 0.4) is 0 Å². The molecule has 0 saturated heterocycles. The molecular formula is C11H15FN2O. The van der Waals surface area contributed by atoms with E-state index >= 15 is 0 Å². The zero-order valence-electron chi connectivity index (χ0n) is 8.88. The van der Waals surface area contributed by atoms with E-state index in [1.807, 2.05) is 14.0 Å². The lowest BCUT2D eigenvalue weighted by molar-refractivity contribution is 0.173. The molecule has 0 fully saturated rings. The second kappa shape index (κ2) is 4.06. The smallest absolute Gasteiger partial charge is 0.145 e. The Morgan fingerprint density at radius 2 is 2.33 bits per heavy atom. The molecule has 0 bridgehead atoms. The Hall–Kier alpha value is -1.29. The van der Waals surface area contributed by atoms with E-state index in [0.29, 0.717) is 5.75 Å². The van der Waals surface area contributed by atoms with Crippen molar-refractivity contribution in [3.63, 3.8) is 0 Å². The van der Waals surface area contributed by atoms with Crippen LogP contribution in [0.1, 0.15) is 6.92 Å². The molecule has 0 saturated carbocycles. The van der Waals surface area contributed by atoms with Gasteiger partial charge in [-0.25, -0.2) is 4.39 Å². The van der Waals surface area contributed by atoms with Crippen molar-refractivity contribution < 1.29 is 9.13 Å². The maximum atomic E-state index is 13.0. The van der Waals surface area contributed by atoms with Gasteiger partial charge in [0.2, 0.25) is 0 Å². The Balaban J connectivity index is 2.22. The normalized spacial score (nSPS) is 23.9. The molecule has 1 aromatic rings. The lowest BCUT2D eigenvalue weighted by Gasteiger charge is -2.32. The van der Waals surface area contributed by atoms with Gasteiger partial charge in [-0.2, -0.15) is 0 Å². The quantitative estimate of drug-likeness (QED) is 0.778. The molecule has 2 unspecified atom stereocenters. The molecule has 2 rings (SSSR count). The van der Waals surface area contributed by atoms with Crippen LogP contribution in [0.5, 0.6) is 5.75 Å². The highest BCUT2D eigenvalue weighted by Crippen LogP contribution is 2.31. The number of hydrogen-bond acceptors (Lipinski definition) is 3. The summed E-state index contributed by atoms with van der Waals surface area (Å²) in [5, 5.41) is 6.34. The minimum Gasteiger partial charge on any atom is -0.485 e. The number of likely N-dealkylation sites (N-methyl/N-ethyl adjacent to an activating group) is 1. The molecule has 0 spiro atoms. The summed E-state index contributed by atoms with van der Waals surface area (Å²) in [6, 6.07) is 4.77. The summed E-state index contributed by atoms with van der Waals surface area (Å²) in [6.07, 6.45) is 0.0318. The number of anilines is 1. The van der Waals surface area contributed by atoms with Gasteiger partial charge in [-0.3, -0.25) is 0 Å². The molecule has 1 aliphatic heterocycles. The van der Waals surface area contributed by atoms with Crippen LogP contribution in [0.4, 0.5) is 10.1 Å². The van der Waals surface area contributed by atoms with Gasteiger partial charge < -0.3 is 15.4 Å². The highest BCUT2D eigenvalue weighted by Gasteiger charge is 2.25. The van der Waals surface area contributed by atoms with Gasteiger partial charge in [-0.05, 0) is 26.1 Å². The van der Waals surface area contributed by atoms with E-state index < -0.39 is 0 Å². The second-order valence-electron chi connectivity index (χ2n) is 3.79. The van der Waals surface area contributed by atoms with E-state index in [4.69, 9.17) is 4.74 Å². The first kappa shape index (κ1) is 10.2. The lowest BCUT2D eigenvalue weighted by Crippen LogP contribution is -2.45. The van der Waals surface area contributed by atoms with E-state index in [1.165, 1.54) is 12.1 Å². The van der Waals surface area contributed by atoms with Crippen molar-refractivity contribution >= 4 is 5.69 Å². The maximum absolute atomic E-state index is 13.0. The van der Waals surface area contributed by atoms with Crippen LogP contribution in [-0.4, -0.2) is 25.7 Å². The van der Waals surface area contributed by atoms with Crippen molar-refractivity contribution in [2.45, 2.75) is 19.1 Å². The summed E-state index contributed by atoms with van der Waals surface area (Å²) >= 11 is 0. The number of fused-ring (bicyclic) bond motifs is 1. The first-order valence-corrected chi connectivity index (χ1v) is 5.08. The minimum atomic E-state index is -0.270. The van der Waals surface area contributed by atoms with Crippen LogP contribution in [0.25, 0.3) is 0 Å². The van der Waals surface area contributed by atoms with Crippen LogP contribution in [0.15, 0.2) is 18.2 Å². The molecule has 0 aromatic heterocycles. The zero-order valence-corrected chi connectivity index (χ0v) is 8.88. The molecule has 82 valence electrons. The molecule has 15 heavy (non-hydrogen) atoms. The third-order valence-corrected chi connectivity index (χ3v) is 2.57. The number of hydrogen-bond donors (Lipinski definition) is 2. The van der Waals surface area contributed by atoms with Gasteiger partial charge in [0.15, 0.2) is 0 Å². The molecule has 1 heterocycles. The molecule has 3 nitrogen and oxygen atoms in total. The number of nitrogens with one attached hydrogen (secondary N) is 2. The van der Waals surface area contributed by atoms with Crippen molar-refractivity contribution in [3.05, 3.63) is 24.0 Å². The third-order valence-electron chi connectivity index (χ3n) is 2.57. The molecule has 0 aliphatic carbocycles. The summed E-state index contributed by atoms with van der Waals surface area (Å²) in [5.74, 6) is 0.321. The second-order valence-corrected chi connectivity index (χ2v) is 3.79. The first-order chi connectivity index (χ1) is 7.20. The monoisotopic (exact) mass is 210 g/mol. The van der Waals surface area contributed by atoms with Crippen LogP contribution in [-0.2, 0) is 0 Å². The molecule has 2 N–H and O–H groups in total. The number of halogens is 1. The molecule has 4 heteroatoms. The highest BCUT2D eigenvalue weighted by molar-refractivity contribution is 5.58. The minimum absolute atomic E-state index is 0.0318. The van der Waals surface area contributed by atoms with E-state index in [-0.39, 0.29) is 18.0 Å². The summed E-state index contributed by atoms with van der Waals surface area (Å²) in [4.78, 5) is 0. The van der Waals surface area contributed by atoms with E-state index in [1.54, 1.807) is 6.07 Å². The zero-order chi connectivity index (χ0) is 10.8. The van der Waals surface area contributed by atoms with E-state index in [9.17, 15) is 4.39 Å². The Bertz CT molecular complexity index is 356. The van der Waals surface area contributed by atoms with Crippen LogP contribution < -0.4 is 15.4 Å². The van der Waals surface area contributed by atoms with Gasteiger partial charge in [0.1, 0.15) is 17.7 Å². The van der Waals surface area contributed by atoms with Gasteiger partial charge in [-0.15, -0.1) is 0 Å². The molecular weight excluding hydrogens is 195 g/mol. The highest BCUT2D eigenvalue weighted by atomic mass is 19.1. The van der Waals surface area contributed by atoms with Crippen molar-refractivity contribution in [2.75, 3.05) is 18.9 Å². The molecule has 0 radical (unpaired) electrons. The Kier molecular flexibility index (Phi) is 2.77. The SMILES string of the molecule is CNCC1Oc2cc(F)ccc2NC1C. The standard InChI is InChI=1S/C11H15FN2O/c1-7-11(6-13-2)15-10-5-8(12)3-4-9(10)14-7/h3-5,7,11,13-14H,6H2,1-2H3. The van der Waals surface area contributed by atoms with Crippen molar-refractivity contribution in [3.8, 4) is 5.75 Å². The van der Waals surface area contributed by atoms with Crippen LogP contribution in [0, 0.1) is 5.82 Å². The molecule has 1 aliphatic rings. The Morgan fingerprint density at radius 1 is 1.53 bits per heavy atom. The Morgan fingerprint density at radius 3 is 3.07 bits per heavy atom. The van der Waals surface area contributed by atoms with Crippen molar-refractivity contribution in [1.82, 2.24) is 5.32 Å². The number of ether oxygens (including phenoxy) is 1. The number of rotatable bonds is 2. The summed E-state index contributed by atoms with van der Waals surface area (Å²) in [7, 11) is 1.87. The molecule has 0 amide bonds. The van der Waals surface area contributed by atoms with Crippen molar-refractivity contribution in [1.29, 1.82) is 0 Å². The van der Waals surface area contributed by atoms with E-state index in [2.05, 4.69) is 10.6 Å². The summed E-state index contributed by atoms with van der Waals surface area (Å²) in [6.45, 7) is 2.79. The lowest BCUT2D eigenvalue weighted by atomic mass is 10.1. The van der Waals surface area contributed by atoms with Crippen LogP contribution in [0.2, 0.25) is 0 Å². The van der Waals surface area contributed by atoms with Gasteiger partial charge in [0.05, 0.1) is 11.7 Å². The fourth-order valence-electron chi connectivity index (χ4n) is 1.74. The van der Waals surface area contributed by atoms with Crippen LogP contribution >= 0.6 is 0 Å². The fraction of sp³-hybridized carbons (Fsp3) is 0.455. The topological polar surface area (TPSA) is 33.3 Å². The number of benzene rings is 1. The molecule has 1 aromatic carbocycles. The first-order valence-electron chi connectivity index (χ1n) is 5.08. The summed E-state index contributed by atoms with van der Waals surface area (Å²) < 4.78 is 18.7. The Labute approximate surface area is 88.6 Å². The van der Waals surface area contributed by atoms with Crippen molar-refractivity contribution in [2.24, 2.45) is 0 Å². The average Bonchev–Trinajstić information content (AvgIpc) is 2.20. The van der Waals surface area contributed by atoms with Gasteiger partial charge in [0.25, 0.3) is 0 Å². The maximum Gasteiger partial charge on any atom is 0.145 e. The predicted molar refractivity (Wildman–Crippen MR) is 57.8 cm³/mol. The average molecular weight is 210 g/mol. The van der Waals surface area contributed by atoms with Gasteiger partial charge >= 0.3 is 0 Å². The summed E-state index contributed by atoms with van der Waals surface area (Å²) in [5.41, 5.74) is 0.858. The molecule has 2 atom stereocenters. The fourth-order valence-corrected chi connectivity index (χ4v) is 1.74. The van der Waals surface area contributed by atoms with Gasteiger partial charge in [-0.1, -0.05) is 0 Å². The third kappa shape index (κ3) is 2.04. The van der Waals surface area contributed by atoms with Gasteiger partial charge in [0, 0.05) is 12.6 Å². The largest absolute Gasteiger partial charge is 0.485 e. The predicted octanol–water partition coefficient (Wildman–Crippen LogP) is 1.61.